The zero-order valence-electron chi connectivity index (χ0n) is 9.70. The number of anilines is 3. The van der Waals surface area contributed by atoms with E-state index in [0.29, 0.717) is 11.4 Å². The van der Waals surface area contributed by atoms with Crippen LogP contribution in [0, 0.1) is 0 Å². The lowest BCUT2D eigenvalue weighted by molar-refractivity contribution is -0.137. The molecule has 0 saturated heterocycles. The SMILES string of the molecule is Nc1cc(C(F)(F)F)ccc1Nc1ccccc1O. The fourth-order valence-electron chi connectivity index (χ4n) is 1.58. The molecule has 2 aromatic carbocycles. The lowest BCUT2D eigenvalue weighted by Gasteiger charge is -2.13. The Hall–Kier alpha value is -2.37. The van der Waals surface area contributed by atoms with Crippen molar-refractivity contribution >= 4 is 17.1 Å². The molecule has 2 aromatic rings. The summed E-state index contributed by atoms with van der Waals surface area (Å²) < 4.78 is 37.4. The highest BCUT2D eigenvalue weighted by molar-refractivity contribution is 5.75. The van der Waals surface area contributed by atoms with Crippen LogP contribution in [0.4, 0.5) is 30.2 Å². The lowest BCUT2D eigenvalue weighted by atomic mass is 10.1. The first-order chi connectivity index (χ1) is 8.88. The Balaban J connectivity index is 2.30. The molecule has 0 fully saturated rings. The van der Waals surface area contributed by atoms with Gasteiger partial charge in [-0.3, -0.25) is 0 Å². The normalized spacial score (nSPS) is 11.3. The topological polar surface area (TPSA) is 58.3 Å². The minimum Gasteiger partial charge on any atom is -0.506 e. The molecule has 0 unspecified atom stereocenters. The van der Waals surface area contributed by atoms with Crippen molar-refractivity contribution in [3.05, 3.63) is 48.0 Å². The van der Waals surface area contributed by atoms with Crippen LogP contribution >= 0.6 is 0 Å². The maximum absolute atomic E-state index is 12.5. The molecule has 0 aliphatic heterocycles. The third-order valence-corrected chi connectivity index (χ3v) is 2.55. The Morgan fingerprint density at radius 1 is 1.00 bits per heavy atom. The number of hydrogen-bond donors (Lipinski definition) is 3. The van der Waals surface area contributed by atoms with Crippen LogP contribution in [0.25, 0.3) is 0 Å². The first-order valence-corrected chi connectivity index (χ1v) is 5.39. The highest BCUT2D eigenvalue weighted by Crippen LogP contribution is 2.34. The number of aromatic hydroxyl groups is 1. The quantitative estimate of drug-likeness (QED) is 0.574. The monoisotopic (exact) mass is 268 g/mol. The molecule has 0 aromatic heterocycles. The van der Waals surface area contributed by atoms with Crippen LogP contribution in [0.5, 0.6) is 5.75 Å². The molecular formula is C13H11F3N2O. The summed E-state index contributed by atoms with van der Waals surface area (Å²) in [5.74, 6) is -0.0122. The van der Waals surface area contributed by atoms with E-state index in [-0.39, 0.29) is 11.4 Å². The van der Waals surface area contributed by atoms with Crippen LogP contribution in [0.1, 0.15) is 5.56 Å². The molecule has 0 aliphatic carbocycles. The van der Waals surface area contributed by atoms with Crippen LogP contribution in [-0.2, 0) is 6.18 Å². The summed E-state index contributed by atoms with van der Waals surface area (Å²) in [4.78, 5) is 0. The van der Waals surface area contributed by atoms with E-state index in [1.807, 2.05) is 0 Å². The van der Waals surface area contributed by atoms with E-state index in [1.54, 1.807) is 18.2 Å². The van der Waals surface area contributed by atoms with Gasteiger partial charge in [0.05, 0.1) is 22.6 Å². The number of nitrogens with two attached hydrogens (primary N) is 1. The molecule has 3 nitrogen and oxygen atoms in total. The number of hydrogen-bond acceptors (Lipinski definition) is 3. The van der Waals surface area contributed by atoms with Crippen molar-refractivity contribution in [2.75, 3.05) is 11.1 Å². The summed E-state index contributed by atoms with van der Waals surface area (Å²) >= 11 is 0. The van der Waals surface area contributed by atoms with Crippen molar-refractivity contribution in [3.8, 4) is 5.75 Å². The number of halogens is 3. The van der Waals surface area contributed by atoms with E-state index in [4.69, 9.17) is 5.73 Å². The Kier molecular flexibility index (Phi) is 3.25. The van der Waals surface area contributed by atoms with Crippen molar-refractivity contribution in [1.82, 2.24) is 0 Å². The Bertz CT molecular complexity index is 597. The van der Waals surface area contributed by atoms with Gasteiger partial charge in [0, 0.05) is 0 Å². The van der Waals surface area contributed by atoms with Crippen molar-refractivity contribution in [2.24, 2.45) is 0 Å². The van der Waals surface area contributed by atoms with Gasteiger partial charge in [0.15, 0.2) is 0 Å². The molecule has 2 rings (SSSR count). The zero-order chi connectivity index (χ0) is 14.0. The molecule has 19 heavy (non-hydrogen) atoms. The molecule has 6 heteroatoms. The van der Waals surface area contributed by atoms with Gasteiger partial charge in [-0.25, -0.2) is 0 Å². The third kappa shape index (κ3) is 2.90. The average molecular weight is 268 g/mol. The molecule has 100 valence electrons. The summed E-state index contributed by atoms with van der Waals surface area (Å²) in [6, 6.07) is 9.37. The predicted molar refractivity (Wildman–Crippen MR) is 67.2 cm³/mol. The predicted octanol–water partition coefficient (Wildman–Crippen LogP) is 3.74. The second-order valence-corrected chi connectivity index (χ2v) is 3.94. The van der Waals surface area contributed by atoms with Gasteiger partial charge in [0.25, 0.3) is 0 Å². The highest BCUT2D eigenvalue weighted by atomic mass is 19.4. The number of nitrogen functional groups attached to an aromatic ring is 1. The highest BCUT2D eigenvalue weighted by Gasteiger charge is 2.30. The summed E-state index contributed by atoms with van der Waals surface area (Å²) in [6.45, 7) is 0. The van der Waals surface area contributed by atoms with Gasteiger partial charge < -0.3 is 16.2 Å². The van der Waals surface area contributed by atoms with Crippen molar-refractivity contribution in [3.63, 3.8) is 0 Å². The van der Waals surface area contributed by atoms with E-state index in [2.05, 4.69) is 5.32 Å². The maximum Gasteiger partial charge on any atom is 0.416 e. The zero-order valence-corrected chi connectivity index (χ0v) is 9.70. The number of alkyl halides is 3. The third-order valence-electron chi connectivity index (χ3n) is 2.55. The Morgan fingerprint density at radius 3 is 2.26 bits per heavy atom. The number of phenols is 1. The molecule has 0 bridgehead atoms. The minimum atomic E-state index is -4.43. The molecule has 0 heterocycles. The van der Waals surface area contributed by atoms with E-state index in [9.17, 15) is 18.3 Å². The van der Waals surface area contributed by atoms with Crippen molar-refractivity contribution in [1.29, 1.82) is 0 Å². The molecule has 0 aliphatic rings. The molecule has 0 radical (unpaired) electrons. The standard InChI is InChI=1S/C13H11F3N2O/c14-13(15,16)8-5-6-10(9(17)7-8)18-11-3-1-2-4-12(11)19/h1-7,18-19H,17H2. The van der Waals surface area contributed by atoms with Gasteiger partial charge in [-0.2, -0.15) is 13.2 Å². The lowest BCUT2D eigenvalue weighted by Crippen LogP contribution is -2.06. The van der Waals surface area contributed by atoms with Gasteiger partial charge in [-0.15, -0.1) is 0 Å². The van der Waals surface area contributed by atoms with Crippen LogP contribution in [0.15, 0.2) is 42.5 Å². The van der Waals surface area contributed by atoms with Gasteiger partial charge in [-0.05, 0) is 30.3 Å². The number of phenolic OH excluding ortho intramolecular Hbond substituents is 1. The molecular weight excluding hydrogens is 257 g/mol. The van der Waals surface area contributed by atoms with Crippen molar-refractivity contribution < 1.29 is 18.3 Å². The average Bonchev–Trinajstić information content (AvgIpc) is 2.33. The minimum absolute atomic E-state index is 0.0122. The van der Waals surface area contributed by atoms with E-state index in [0.717, 1.165) is 12.1 Å². The first-order valence-electron chi connectivity index (χ1n) is 5.39. The van der Waals surface area contributed by atoms with E-state index in [1.165, 1.54) is 12.1 Å². The fraction of sp³-hybridized carbons (Fsp3) is 0.0769. The number of nitrogens with one attached hydrogen (secondary N) is 1. The van der Waals surface area contributed by atoms with E-state index >= 15 is 0 Å². The number of para-hydroxylation sites is 2. The van der Waals surface area contributed by atoms with E-state index < -0.39 is 11.7 Å². The van der Waals surface area contributed by atoms with Gasteiger partial charge in [-0.1, -0.05) is 12.1 Å². The van der Waals surface area contributed by atoms with Gasteiger partial charge in [0.1, 0.15) is 5.75 Å². The fourth-order valence-corrected chi connectivity index (χ4v) is 1.58. The molecule has 4 N–H and O–H groups in total. The molecule has 0 saturated carbocycles. The summed E-state index contributed by atoms with van der Waals surface area (Å²) in [6.07, 6.45) is -4.43. The smallest absolute Gasteiger partial charge is 0.416 e. The second-order valence-electron chi connectivity index (χ2n) is 3.94. The molecule has 0 spiro atoms. The van der Waals surface area contributed by atoms with Crippen LogP contribution in [-0.4, -0.2) is 5.11 Å². The van der Waals surface area contributed by atoms with Gasteiger partial charge in [0.2, 0.25) is 0 Å². The number of benzene rings is 2. The summed E-state index contributed by atoms with van der Waals surface area (Å²) in [5, 5.41) is 12.3. The Morgan fingerprint density at radius 2 is 1.68 bits per heavy atom. The second kappa shape index (κ2) is 4.72. The van der Waals surface area contributed by atoms with Crippen LogP contribution in [0.3, 0.4) is 0 Å². The number of rotatable bonds is 2. The van der Waals surface area contributed by atoms with Crippen molar-refractivity contribution in [2.45, 2.75) is 6.18 Å². The Labute approximate surface area is 107 Å². The largest absolute Gasteiger partial charge is 0.506 e. The summed E-state index contributed by atoms with van der Waals surface area (Å²) in [7, 11) is 0. The first kappa shape index (κ1) is 13.1. The van der Waals surface area contributed by atoms with Crippen LogP contribution < -0.4 is 11.1 Å². The molecule has 0 amide bonds. The summed E-state index contributed by atoms with van der Waals surface area (Å²) in [5.41, 5.74) is 5.39. The molecule has 0 atom stereocenters. The van der Waals surface area contributed by atoms with Gasteiger partial charge >= 0.3 is 6.18 Å². The maximum atomic E-state index is 12.5. The van der Waals surface area contributed by atoms with Crippen LogP contribution in [0.2, 0.25) is 0 Å².